The van der Waals surface area contributed by atoms with Gasteiger partial charge in [-0.3, -0.25) is 0 Å². The van der Waals surface area contributed by atoms with Gasteiger partial charge in [-0.25, -0.2) is 13.1 Å². The highest BCUT2D eigenvalue weighted by molar-refractivity contribution is 7.92. The summed E-state index contributed by atoms with van der Waals surface area (Å²) in [5.41, 5.74) is 2.11. The number of aryl methyl sites for hydroxylation is 1. The van der Waals surface area contributed by atoms with Crippen LogP contribution < -0.4 is 10.0 Å². The molecular formula is C11H12N4O3S. The Morgan fingerprint density at radius 1 is 1.26 bits per heavy atom. The number of aromatic nitrogens is 2. The molecular weight excluding hydrogens is 268 g/mol. The molecule has 1 aliphatic heterocycles. The number of sulfonamides is 1. The van der Waals surface area contributed by atoms with Gasteiger partial charge in [-0.05, 0) is 23.3 Å². The Morgan fingerprint density at radius 2 is 2.05 bits per heavy atom. The number of anilines is 1. The van der Waals surface area contributed by atoms with E-state index in [1.54, 1.807) is 19.1 Å². The summed E-state index contributed by atoms with van der Waals surface area (Å²) in [7, 11) is -3.70. The second-order valence-corrected chi connectivity index (χ2v) is 5.95. The first-order chi connectivity index (χ1) is 9.04. The largest absolute Gasteiger partial charge is 0.408 e. The van der Waals surface area contributed by atoms with E-state index in [1.165, 1.54) is 0 Å². The van der Waals surface area contributed by atoms with Crippen LogP contribution in [-0.2, 0) is 23.1 Å². The molecule has 2 N–H and O–H groups in total. The first-order valence-electron chi connectivity index (χ1n) is 5.70. The standard InChI is InChI=1S/C11H12N4O3S/c1-7-13-14-11(18-7)15-19(16,17)10-3-2-8-5-12-6-9(8)4-10/h2-4,12H,5-6H2,1H3,(H,14,15). The van der Waals surface area contributed by atoms with Crippen molar-refractivity contribution >= 4 is 16.0 Å². The molecule has 2 aromatic rings. The molecule has 19 heavy (non-hydrogen) atoms. The SMILES string of the molecule is Cc1nnc(NS(=O)(=O)c2ccc3c(c2)CNC3)o1. The van der Waals surface area contributed by atoms with Crippen molar-refractivity contribution in [2.75, 3.05) is 4.72 Å². The van der Waals surface area contributed by atoms with Crippen LogP contribution in [0, 0.1) is 6.92 Å². The highest BCUT2D eigenvalue weighted by Crippen LogP contribution is 2.21. The molecule has 1 aromatic heterocycles. The van der Waals surface area contributed by atoms with Crippen LogP contribution >= 0.6 is 0 Å². The molecule has 2 heterocycles. The predicted octanol–water partition coefficient (Wildman–Crippen LogP) is 0.782. The third-order valence-corrected chi connectivity index (χ3v) is 4.18. The third kappa shape index (κ3) is 2.32. The number of rotatable bonds is 3. The number of hydrogen-bond acceptors (Lipinski definition) is 6. The molecule has 0 bridgehead atoms. The van der Waals surface area contributed by atoms with Gasteiger partial charge in [0.25, 0.3) is 10.0 Å². The Hall–Kier alpha value is -1.93. The molecule has 0 atom stereocenters. The summed E-state index contributed by atoms with van der Waals surface area (Å²) in [6.07, 6.45) is 0. The van der Waals surface area contributed by atoms with Crippen LogP contribution in [0.3, 0.4) is 0 Å². The smallest absolute Gasteiger partial charge is 0.329 e. The van der Waals surface area contributed by atoms with Gasteiger partial charge in [0, 0.05) is 20.0 Å². The first kappa shape index (κ1) is 12.1. The fraction of sp³-hybridized carbons (Fsp3) is 0.273. The van der Waals surface area contributed by atoms with Crippen molar-refractivity contribution in [2.24, 2.45) is 0 Å². The number of benzene rings is 1. The third-order valence-electron chi connectivity index (χ3n) is 2.87. The molecule has 8 heteroatoms. The van der Waals surface area contributed by atoms with Gasteiger partial charge < -0.3 is 9.73 Å². The van der Waals surface area contributed by atoms with Crippen molar-refractivity contribution in [3.8, 4) is 0 Å². The Morgan fingerprint density at radius 3 is 2.79 bits per heavy atom. The number of nitrogens with zero attached hydrogens (tertiary/aromatic N) is 2. The fourth-order valence-electron chi connectivity index (χ4n) is 1.95. The highest BCUT2D eigenvalue weighted by Gasteiger charge is 2.20. The van der Waals surface area contributed by atoms with E-state index < -0.39 is 10.0 Å². The van der Waals surface area contributed by atoms with Gasteiger partial charge in [-0.15, -0.1) is 5.10 Å². The lowest BCUT2D eigenvalue weighted by molar-refractivity contribution is 0.534. The van der Waals surface area contributed by atoms with E-state index >= 15 is 0 Å². The molecule has 1 aliphatic rings. The van der Waals surface area contributed by atoms with E-state index in [-0.39, 0.29) is 10.9 Å². The Balaban J connectivity index is 1.92. The van der Waals surface area contributed by atoms with Crippen LogP contribution in [-0.4, -0.2) is 18.6 Å². The molecule has 0 spiro atoms. The molecule has 0 saturated carbocycles. The Kier molecular flexibility index (Phi) is 2.76. The minimum absolute atomic E-state index is 0.129. The van der Waals surface area contributed by atoms with Crippen LogP contribution in [0.25, 0.3) is 0 Å². The fourth-order valence-corrected chi connectivity index (χ4v) is 2.92. The van der Waals surface area contributed by atoms with Crippen LogP contribution in [0.4, 0.5) is 6.01 Å². The van der Waals surface area contributed by atoms with Crippen molar-refractivity contribution < 1.29 is 12.8 Å². The molecule has 0 amide bonds. The van der Waals surface area contributed by atoms with E-state index in [9.17, 15) is 8.42 Å². The minimum Gasteiger partial charge on any atom is -0.408 e. The zero-order chi connectivity index (χ0) is 13.5. The van der Waals surface area contributed by atoms with Crippen molar-refractivity contribution in [3.05, 3.63) is 35.2 Å². The molecule has 0 saturated heterocycles. The van der Waals surface area contributed by atoms with E-state index in [2.05, 4.69) is 20.2 Å². The monoisotopic (exact) mass is 280 g/mol. The van der Waals surface area contributed by atoms with Crippen LogP contribution in [0.15, 0.2) is 27.5 Å². The second kappa shape index (κ2) is 4.32. The summed E-state index contributed by atoms with van der Waals surface area (Å²) in [5.74, 6) is 0.302. The summed E-state index contributed by atoms with van der Waals surface area (Å²) in [6.45, 7) is 3.04. The van der Waals surface area contributed by atoms with Crippen molar-refractivity contribution in [1.82, 2.24) is 15.5 Å². The highest BCUT2D eigenvalue weighted by atomic mass is 32.2. The van der Waals surface area contributed by atoms with Gasteiger partial charge in [0.15, 0.2) is 0 Å². The van der Waals surface area contributed by atoms with Gasteiger partial charge >= 0.3 is 6.01 Å². The maximum absolute atomic E-state index is 12.2. The summed E-state index contributed by atoms with van der Waals surface area (Å²) in [5, 5.41) is 10.3. The zero-order valence-electron chi connectivity index (χ0n) is 10.2. The van der Waals surface area contributed by atoms with Crippen LogP contribution in [0.2, 0.25) is 0 Å². The topological polar surface area (TPSA) is 97.1 Å². The zero-order valence-corrected chi connectivity index (χ0v) is 11.0. The van der Waals surface area contributed by atoms with E-state index in [4.69, 9.17) is 4.42 Å². The van der Waals surface area contributed by atoms with Gasteiger partial charge in [-0.1, -0.05) is 11.2 Å². The van der Waals surface area contributed by atoms with E-state index in [1.807, 2.05) is 6.07 Å². The predicted molar refractivity (Wildman–Crippen MR) is 66.8 cm³/mol. The lowest BCUT2D eigenvalue weighted by Gasteiger charge is -2.06. The van der Waals surface area contributed by atoms with Gasteiger partial charge in [0.2, 0.25) is 5.89 Å². The van der Waals surface area contributed by atoms with E-state index in [0.29, 0.717) is 12.4 Å². The molecule has 7 nitrogen and oxygen atoms in total. The molecule has 0 unspecified atom stereocenters. The van der Waals surface area contributed by atoms with Crippen molar-refractivity contribution in [2.45, 2.75) is 24.9 Å². The van der Waals surface area contributed by atoms with Crippen molar-refractivity contribution in [3.63, 3.8) is 0 Å². The molecule has 0 aliphatic carbocycles. The summed E-state index contributed by atoms with van der Waals surface area (Å²) < 4.78 is 31.6. The summed E-state index contributed by atoms with van der Waals surface area (Å²) in [6, 6.07) is 4.90. The number of hydrogen-bond donors (Lipinski definition) is 2. The molecule has 100 valence electrons. The maximum atomic E-state index is 12.2. The molecule has 0 radical (unpaired) electrons. The molecule has 3 rings (SSSR count). The number of fused-ring (bicyclic) bond motifs is 1. The van der Waals surface area contributed by atoms with Crippen LogP contribution in [0.5, 0.6) is 0 Å². The quantitative estimate of drug-likeness (QED) is 0.862. The summed E-state index contributed by atoms with van der Waals surface area (Å²) in [4.78, 5) is 0.186. The molecule has 0 fully saturated rings. The summed E-state index contributed by atoms with van der Waals surface area (Å²) >= 11 is 0. The van der Waals surface area contributed by atoms with Gasteiger partial charge in [-0.2, -0.15) is 0 Å². The lowest BCUT2D eigenvalue weighted by Crippen LogP contribution is -2.13. The van der Waals surface area contributed by atoms with Gasteiger partial charge in [0.05, 0.1) is 4.90 Å². The first-order valence-corrected chi connectivity index (χ1v) is 7.18. The van der Waals surface area contributed by atoms with Crippen LogP contribution in [0.1, 0.15) is 17.0 Å². The van der Waals surface area contributed by atoms with Gasteiger partial charge in [0.1, 0.15) is 0 Å². The molecule has 1 aromatic carbocycles. The minimum atomic E-state index is -3.70. The Bertz CT molecular complexity index is 723. The van der Waals surface area contributed by atoms with Crippen molar-refractivity contribution in [1.29, 1.82) is 0 Å². The average molecular weight is 280 g/mol. The number of nitrogens with one attached hydrogen (secondary N) is 2. The normalized spacial score (nSPS) is 14.4. The second-order valence-electron chi connectivity index (χ2n) is 4.27. The van der Waals surface area contributed by atoms with E-state index in [0.717, 1.165) is 17.7 Å². The Labute approximate surface area is 110 Å². The maximum Gasteiger partial charge on any atom is 0.329 e. The average Bonchev–Trinajstić information content (AvgIpc) is 2.96. The lowest BCUT2D eigenvalue weighted by atomic mass is 10.1.